The summed E-state index contributed by atoms with van der Waals surface area (Å²) in [6.07, 6.45) is 9.79. The van der Waals surface area contributed by atoms with E-state index in [0.29, 0.717) is 11.2 Å². The summed E-state index contributed by atoms with van der Waals surface area (Å²) in [5, 5.41) is 3.50. The Kier molecular flexibility index (Phi) is 5.64. The van der Waals surface area contributed by atoms with Gasteiger partial charge in [-0.2, -0.15) is 0 Å². The fourth-order valence-electron chi connectivity index (χ4n) is 6.18. The van der Waals surface area contributed by atoms with Crippen LogP contribution in [0.25, 0.3) is 33.8 Å². The van der Waals surface area contributed by atoms with Gasteiger partial charge in [-0.05, 0) is 97.5 Å². The maximum absolute atomic E-state index is 6.31. The van der Waals surface area contributed by atoms with Crippen LogP contribution in [-0.2, 0) is 6.54 Å². The number of nitrogens with one attached hydrogen (secondary N) is 1. The van der Waals surface area contributed by atoms with Crippen LogP contribution in [0.4, 0.5) is 5.82 Å². The first-order valence-electron chi connectivity index (χ1n) is 13.7. The van der Waals surface area contributed by atoms with Crippen molar-refractivity contribution < 1.29 is 0 Å². The predicted octanol–water partition coefficient (Wildman–Crippen LogP) is 4.98. The van der Waals surface area contributed by atoms with Crippen molar-refractivity contribution in [2.24, 2.45) is 5.41 Å². The third-order valence-corrected chi connectivity index (χ3v) is 8.35. The zero-order valence-corrected chi connectivity index (χ0v) is 21.8. The van der Waals surface area contributed by atoms with Gasteiger partial charge in [0.05, 0.1) is 11.3 Å². The average molecular weight is 504 g/mol. The minimum Gasteiger partial charge on any atom is -0.383 e. The Bertz CT molecular complexity index is 1560. The van der Waals surface area contributed by atoms with Crippen molar-refractivity contribution in [1.82, 2.24) is 29.7 Å². The quantitative estimate of drug-likeness (QED) is 0.386. The van der Waals surface area contributed by atoms with Gasteiger partial charge < -0.3 is 11.1 Å². The maximum Gasteiger partial charge on any atom is 0.165 e. The second kappa shape index (κ2) is 9.19. The molecule has 4 aromatic rings. The van der Waals surface area contributed by atoms with Crippen molar-refractivity contribution in [2.45, 2.75) is 32.7 Å². The van der Waals surface area contributed by atoms with Crippen LogP contribution in [-0.4, -0.2) is 50.6 Å². The number of anilines is 1. The Hall–Kier alpha value is -3.81. The molecule has 0 unspecified atom stereocenters. The second-order valence-electron chi connectivity index (χ2n) is 11.0. The number of pyridine rings is 2. The second-order valence-corrected chi connectivity index (χ2v) is 11.0. The molecular weight excluding hydrogens is 470 g/mol. The zero-order chi connectivity index (χ0) is 25.7. The number of fused-ring (bicyclic) bond motifs is 1. The molecule has 3 aromatic heterocycles. The van der Waals surface area contributed by atoms with Gasteiger partial charge in [0.15, 0.2) is 11.5 Å². The Morgan fingerprint density at radius 2 is 1.76 bits per heavy atom. The molecule has 192 valence electrons. The molecule has 1 aromatic carbocycles. The Labute approximate surface area is 223 Å². The Morgan fingerprint density at radius 1 is 0.974 bits per heavy atom. The average Bonchev–Trinajstić information content (AvgIpc) is 3.27. The number of allylic oxidation sites excluding steroid dienone is 4. The van der Waals surface area contributed by atoms with Gasteiger partial charge >= 0.3 is 0 Å². The van der Waals surface area contributed by atoms with Crippen LogP contribution in [0, 0.1) is 5.41 Å². The van der Waals surface area contributed by atoms with Crippen LogP contribution in [0.1, 0.15) is 37.4 Å². The number of hydrogen-bond acceptors (Lipinski definition) is 6. The van der Waals surface area contributed by atoms with Gasteiger partial charge in [0.2, 0.25) is 0 Å². The molecule has 0 saturated carbocycles. The number of piperidine rings is 1. The fraction of sp³-hybridized carbons (Fsp3) is 0.323. The molecule has 3 aliphatic rings. The monoisotopic (exact) mass is 503 g/mol. The lowest BCUT2D eigenvalue weighted by molar-refractivity contribution is -0.0282. The van der Waals surface area contributed by atoms with Gasteiger partial charge in [-0.1, -0.05) is 19.1 Å². The molecule has 1 aliphatic carbocycles. The van der Waals surface area contributed by atoms with E-state index in [2.05, 4.69) is 75.2 Å². The van der Waals surface area contributed by atoms with Crippen molar-refractivity contribution in [1.29, 1.82) is 0 Å². The van der Waals surface area contributed by atoms with Crippen molar-refractivity contribution in [3.8, 4) is 17.1 Å². The first kappa shape index (κ1) is 23.3. The van der Waals surface area contributed by atoms with E-state index in [-0.39, 0.29) is 0 Å². The molecule has 7 rings (SSSR count). The minimum atomic E-state index is 0.461. The van der Waals surface area contributed by atoms with Gasteiger partial charge in [0, 0.05) is 37.1 Å². The summed E-state index contributed by atoms with van der Waals surface area (Å²) >= 11 is 0. The van der Waals surface area contributed by atoms with E-state index < -0.39 is 0 Å². The minimum absolute atomic E-state index is 0.461. The number of imidazole rings is 1. The van der Waals surface area contributed by atoms with Crippen molar-refractivity contribution in [3.63, 3.8) is 0 Å². The lowest BCUT2D eigenvalue weighted by atomic mass is 9.72. The highest BCUT2D eigenvalue weighted by Gasteiger charge is 2.42. The fourth-order valence-corrected chi connectivity index (χ4v) is 6.18. The van der Waals surface area contributed by atoms with Crippen LogP contribution in [0.5, 0.6) is 0 Å². The molecule has 7 nitrogen and oxygen atoms in total. The number of rotatable bonds is 6. The molecule has 1 spiro atoms. The van der Waals surface area contributed by atoms with E-state index in [1.807, 2.05) is 12.1 Å². The lowest BCUT2D eigenvalue weighted by Crippen LogP contribution is -2.59. The number of nitrogens with zero attached hydrogens (tertiary/aromatic N) is 5. The van der Waals surface area contributed by atoms with Crippen molar-refractivity contribution in [2.75, 3.05) is 31.9 Å². The van der Waals surface area contributed by atoms with E-state index in [1.54, 1.807) is 6.20 Å². The molecule has 0 bridgehead atoms. The van der Waals surface area contributed by atoms with Gasteiger partial charge in [-0.25, -0.2) is 15.0 Å². The van der Waals surface area contributed by atoms with Gasteiger partial charge in [0.1, 0.15) is 11.3 Å². The van der Waals surface area contributed by atoms with Gasteiger partial charge in [-0.15, -0.1) is 0 Å². The molecular formula is C31H33N7. The highest BCUT2D eigenvalue weighted by molar-refractivity contribution is 5.87. The molecule has 0 amide bonds. The molecule has 5 heterocycles. The standard InChI is InChI=1S/C31H33N7/c1-2-21-16-23(17-21)26-9-10-27-30(35-26)38(29(36-27)25-4-3-13-34-28(25)32)24-7-5-22(6-8-24)18-37-19-31(20-37)11-14-33-15-12-31/h3-10,13,16-17,33H,2,11-12,14-15,18-20H2,1H3,(H2,32,34). The van der Waals surface area contributed by atoms with E-state index >= 15 is 0 Å². The third-order valence-electron chi connectivity index (χ3n) is 8.35. The first-order chi connectivity index (χ1) is 18.6. The summed E-state index contributed by atoms with van der Waals surface area (Å²) < 4.78 is 2.12. The smallest absolute Gasteiger partial charge is 0.165 e. The van der Waals surface area contributed by atoms with E-state index in [1.165, 1.54) is 37.1 Å². The molecule has 3 N–H and O–H groups in total. The number of nitrogen functional groups attached to an aromatic ring is 1. The lowest BCUT2D eigenvalue weighted by Gasteiger charge is -2.52. The predicted molar refractivity (Wildman–Crippen MR) is 153 cm³/mol. The van der Waals surface area contributed by atoms with Crippen LogP contribution in [0.2, 0.25) is 0 Å². The summed E-state index contributed by atoms with van der Waals surface area (Å²) in [6, 6.07) is 16.8. The summed E-state index contributed by atoms with van der Waals surface area (Å²) in [7, 11) is 0. The summed E-state index contributed by atoms with van der Waals surface area (Å²) in [5.41, 5.74) is 15.1. The summed E-state index contributed by atoms with van der Waals surface area (Å²) in [5.74, 6) is 1.22. The van der Waals surface area contributed by atoms with Gasteiger partial charge in [0.25, 0.3) is 0 Å². The summed E-state index contributed by atoms with van der Waals surface area (Å²) in [6.45, 7) is 7.91. The molecule has 7 heteroatoms. The number of aromatic nitrogens is 4. The molecule has 2 aliphatic heterocycles. The normalized spacial score (nSPS) is 18.7. The van der Waals surface area contributed by atoms with E-state index in [9.17, 15) is 0 Å². The van der Waals surface area contributed by atoms with Crippen LogP contribution < -0.4 is 11.1 Å². The topological polar surface area (TPSA) is 84.9 Å². The van der Waals surface area contributed by atoms with Crippen LogP contribution in [0.15, 0.2) is 72.5 Å². The molecule has 0 atom stereocenters. The largest absolute Gasteiger partial charge is 0.383 e. The number of nitrogens with two attached hydrogens (primary N) is 1. The Balaban J connectivity index is 1.22. The van der Waals surface area contributed by atoms with Crippen LogP contribution >= 0.6 is 0 Å². The van der Waals surface area contributed by atoms with Crippen molar-refractivity contribution >= 4 is 22.6 Å². The van der Waals surface area contributed by atoms with Gasteiger partial charge in [-0.3, -0.25) is 9.47 Å². The van der Waals surface area contributed by atoms with Crippen molar-refractivity contribution in [3.05, 3.63) is 83.7 Å². The zero-order valence-electron chi connectivity index (χ0n) is 21.8. The Morgan fingerprint density at radius 3 is 2.50 bits per heavy atom. The first-order valence-corrected chi connectivity index (χ1v) is 13.7. The number of hydrogen-bond donors (Lipinski definition) is 2. The molecule has 2 saturated heterocycles. The van der Waals surface area contributed by atoms with Crippen LogP contribution in [0.3, 0.4) is 0 Å². The number of benzene rings is 1. The molecule has 2 fully saturated rings. The maximum atomic E-state index is 6.31. The summed E-state index contributed by atoms with van der Waals surface area (Å²) in [4.78, 5) is 16.9. The molecule has 38 heavy (non-hydrogen) atoms. The number of likely N-dealkylation sites (tertiary alicyclic amines) is 1. The highest BCUT2D eigenvalue weighted by atomic mass is 15.2. The van der Waals surface area contributed by atoms with E-state index in [0.717, 1.165) is 65.6 Å². The third kappa shape index (κ3) is 4.03. The molecule has 0 radical (unpaired) electrons. The SMILES string of the molecule is CCC1=CC(c2ccc3nc(-c4cccnc4N)n(-c4ccc(CN5CC6(CCNCC6)C5)cc4)c3n2)=C1. The highest BCUT2D eigenvalue weighted by Crippen LogP contribution is 2.39. The van der Waals surface area contributed by atoms with E-state index in [4.69, 9.17) is 15.7 Å².